The molecule has 0 saturated heterocycles. The molecule has 24 heavy (non-hydrogen) atoms. The summed E-state index contributed by atoms with van der Waals surface area (Å²) >= 11 is 6.38. The van der Waals surface area contributed by atoms with Crippen LogP contribution in [0.1, 0.15) is 16.7 Å². The number of aliphatic hydroxyl groups excluding tert-OH is 1. The lowest BCUT2D eigenvalue weighted by atomic mass is 9.98. The molecule has 2 N–H and O–H groups in total. The largest absolute Gasteiger partial charge is 0.489 e. The van der Waals surface area contributed by atoms with Crippen LogP contribution in [-0.2, 0) is 6.42 Å². The standard InChI is InChI=1S/C18H22ClN3O2/c1-11-6-12-7-14-15(19)4-5-16(17(14)21-18(12)20-8-11)24-10-13(23)9-22(2)3/h4-6,8,13,23H,7,9-10H2,1-3H3,(H,20,21)/t13-/m0/s1. The zero-order valence-electron chi connectivity index (χ0n) is 14.1. The van der Waals surface area contributed by atoms with Crippen LogP contribution in [0.25, 0.3) is 0 Å². The molecule has 1 aromatic carbocycles. The quantitative estimate of drug-likeness (QED) is 0.743. The Morgan fingerprint density at radius 1 is 1.42 bits per heavy atom. The number of nitrogens with zero attached hydrogens (tertiary/aromatic N) is 2. The maximum atomic E-state index is 10.0. The van der Waals surface area contributed by atoms with Crippen LogP contribution in [0.15, 0.2) is 24.4 Å². The Hall–Kier alpha value is -1.82. The molecule has 2 heterocycles. The third-order valence-corrected chi connectivity index (χ3v) is 4.29. The van der Waals surface area contributed by atoms with Crippen molar-refractivity contribution >= 4 is 23.1 Å². The van der Waals surface area contributed by atoms with E-state index in [4.69, 9.17) is 16.3 Å². The van der Waals surface area contributed by atoms with E-state index in [0.717, 1.165) is 28.2 Å². The van der Waals surface area contributed by atoms with Crippen molar-refractivity contribution in [3.05, 3.63) is 46.1 Å². The Labute approximate surface area is 147 Å². The van der Waals surface area contributed by atoms with Crippen LogP contribution in [0.2, 0.25) is 5.02 Å². The van der Waals surface area contributed by atoms with Crippen molar-refractivity contribution in [3.63, 3.8) is 0 Å². The number of hydrogen-bond donors (Lipinski definition) is 2. The highest BCUT2D eigenvalue weighted by molar-refractivity contribution is 6.32. The van der Waals surface area contributed by atoms with Gasteiger partial charge in [0.05, 0.1) is 5.69 Å². The number of likely N-dealkylation sites (N-methyl/N-ethyl adjacent to an activating group) is 1. The van der Waals surface area contributed by atoms with Crippen molar-refractivity contribution in [2.24, 2.45) is 0 Å². The second-order valence-corrected chi connectivity index (χ2v) is 6.86. The monoisotopic (exact) mass is 347 g/mol. The first-order valence-corrected chi connectivity index (χ1v) is 8.31. The molecule has 3 rings (SSSR count). The molecule has 1 atom stereocenters. The van der Waals surface area contributed by atoms with Gasteiger partial charge in [-0.1, -0.05) is 17.7 Å². The maximum absolute atomic E-state index is 10.0. The summed E-state index contributed by atoms with van der Waals surface area (Å²) in [4.78, 5) is 6.38. The number of aliphatic hydroxyl groups is 1. The maximum Gasteiger partial charge on any atom is 0.143 e. The van der Waals surface area contributed by atoms with Gasteiger partial charge in [-0.15, -0.1) is 0 Å². The molecule has 0 amide bonds. The fraction of sp³-hybridized carbons (Fsp3) is 0.389. The van der Waals surface area contributed by atoms with Gasteiger partial charge in [0.1, 0.15) is 24.3 Å². The van der Waals surface area contributed by atoms with E-state index in [1.165, 1.54) is 0 Å². The van der Waals surface area contributed by atoms with Gasteiger partial charge in [0.15, 0.2) is 0 Å². The molecule has 1 aromatic heterocycles. The summed E-state index contributed by atoms with van der Waals surface area (Å²) in [5.41, 5.74) is 4.07. The number of aryl methyl sites for hydroxylation is 1. The molecule has 0 unspecified atom stereocenters. The van der Waals surface area contributed by atoms with Gasteiger partial charge in [-0.25, -0.2) is 4.98 Å². The topological polar surface area (TPSA) is 57.6 Å². The molecule has 0 aliphatic carbocycles. The third-order valence-electron chi connectivity index (χ3n) is 3.94. The highest BCUT2D eigenvalue weighted by Crippen LogP contribution is 2.41. The lowest BCUT2D eigenvalue weighted by Gasteiger charge is -2.25. The lowest BCUT2D eigenvalue weighted by molar-refractivity contribution is 0.0834. The van der Waals surface area contributed by atoms with E-state index in [0.29, 0.717) is 23.7 Å². The van der Waals surface area contributed by atoms with Crippen LogP contribution in [0.4, 0.5) is 11.5 Å². The molecule has 128 valence electrons. The summed E-state index contributed by atoms with van der Waals surface area (Å²) in [6, 6.07) is 5.78. The first kappa shape index (κ1) is 17.0. The number of halogens is 1. The van der Waals surface area contributed by atoms with Crippen molar-refractivity contribution in [2.45, 2.75) is 19.4 Å². The zero-order chi connectivity index (χ0) is 17.3. The first-order valence-electron chi connectivity index (χ1n) is 7.93. The molecule has 5 nitrogen and oxygen atoms in total. The number of rotatable bonds is 5. The number of fused-ring (bicyclic) bond motifs is 2. The van der Waals surface area contributed by atoms with Gasteiger partial charge in [0, 0.05) is 29.7 Å². The predicted octanol–water partition coefficient (Wildman–Crippen LogP) is 2.99. The summed E-state index contributed by atoms with van der Waals surface area (Å²) in [5, 5.41) is 14.0. The second-order valence-electron chi connectivity index (χ2n) is 6.45. The Balaban J connectivity index is 1.83. The van der Waals surface area contributed by atoms with Gasteiger partial charge in [-0.2, -0.15) is 0 Å². The Morgan fingerprint density at radius 3 is 2.96 bits per heavy atom. The number of benzene rings is 1. The van der Waals surface area contributed by atoms with Crippen molar-refractivity contribution in [1.29, 1.82) is 0 Å². The van der Waals surface area contributed by atoms with Gasteiger partial charge < -0.3 is 20.1 Å². The molecule has 0 fully saturated rings. The Kier molecular flexibility index (Phi) is 4.94. The van der Waals surface area contributed by atoms with E-state index >= 15 is 0 Å². The second kappa shape index (κ2) is 6.97. The molecule has 0 bridgehead atoms. The minimum atomic E-state index is -0.553. The van der Waals surface area contributed by atoms with E-state index in [-0.39, 0.29) is 6.61 Å². The predicted molar refractivity (Wildman–Crippen MR) is 96.6 cm³/mol. The van der Waals surface area contributed by atoms with Crippen LogP contribution in [-0.4, -0.2) is 48.3 Å². The van der Waals surface area contributed by atoms with E-state index in [9.17, 15) is 5.11 Å². The Bertz CT molecular complexity index is 749. The number of pyridine rings is 1. The van der Waals surface area contributed by atoms with Crippen LogP contribution in [0, 0.1) is 6.92 Å². The van der Waals surface area contributed by atoms with Crippen LogP contribution in [0.5, 0.6) is 5.75 Å². The minimum absolute atomic E-state index is 0.224. The van der Waals surface area contributed by atoms with Crippen molar-refractivity contribution in [3.8, 4) is 5.75 Å². The zero-order valence-corrected chi connectivity index (χ0v) is 14.9. The van der Waals surface area contributed by atoms with Crippen LogP contribution >= 0.6 is 11.6 Å². The number of aromatic nitrogens is 1. The van der Waals surface area contributed by atoms with Gasteiger partial charge in [0.2, 0.25) is 0 Å². The van der Waals surface area contributed by atoms with Crippen LogP contribution in [0.3, 0.4) is 0 Å². The number of ether oxygens (including phenoxy) is 1. The smallest absolute Gasteiger partial charge is 0.143 e. The molecule has 0 spiro atoms. The SMILES string of the molecule is Cc1cnc2c(c1)Cc1c(Cl)ccc(OC[C@@H](O)CN(C)C)c1N2. The summed E-state index contributed by atoms with van der Waals surface area (Å²) in [6.07, 6.45) is 1.99. The molecule has 1 aliphatic heterocycles. The fourth-order valence-electron chi connectivity index (χ4n) is 2.88. The van der Waals surface area contributed by atoms with E-state index in [1.807, 2.05) is 44.2 Å². The summed E-state index contributed by atoms with van der Waals surface area (Å²) < 4.78 is 5.84. The normalized spacial score (nSPS) is 13.9. The van der Waals surface area contributed by atoms with Crippen molar-refractivity contribution in [2.75, 3.05) is 32.6 Å². The Morgan fingerprint density at radius 2 is 2.21 bits per heavy atom. The van der Waals surface area contributed by atoms with Crippen molar-refractivity contribution in [1.82, 2.24) is 9.88 Å². The van der Waals surface area contributed by atoms with Crippen LogP contribution < -0.4 is 10.1 Å². The van der Waals surface area contributed by atoms with Crippen molar-refractivity contribution < 1.29 is 9.84 Å². The van der Waals surface area contributed by atoms with Gasteiger partial charge >= 0.3 is 0 Å². The summed E-state index contributed by atoms with van der Waals surface area (Å²) in [7, 11) is 3.83. The molecular weight excluding hydrogens is 326 g/mol. The first-order chi connectivity index (χ1) is 11.4. The summed E-state index contributed by atoms with van der Waals surface area (Å²) in [6.45, 7) is 2.80. The average Bonchev–Trinajstić information content (AvgIpc) is 2.52. The highest BCUT2D eigenvalue weighted by Gasteiger charge is 2.22. The van der Waals surface area contributed by atoms with Gasteiger partial charge in [-0.3, -0.25) is 0 Å². The summed E-state index contributed by atoms with van der Waals surface area (Å²) in [5.74, 6) is 1.51. The van der Waals surface area contributed by atoms with Gasteiger partial charge in [-0.05, 0) is 44.3 Å². The van der Waals surface area contributed by atoms with E-state index in [2.05, 4.69) is 16.4 Å². The molecule has 0 saturated carbocycles. The van der Waals surface area contributed by atoms with E-state index in [1.54, 1.807) is 0 Å². The molecule has 1 aliphatic rings. The van der Waals surface area contributed by atoms with E-state index < -0.39 is 6.10 Å². The average molecular weight is 348 g/mol. The highest BCUT2D eigenvalue weighted by atomic mass is 35.5. The molecular formula is C18H22ClN3O2. The van der Waals surface area contributed by atoms with Gasteiger partial charge in [0.25, 0.3) is 0 Å². The fourth-order valence-corrected chi connectivity index (χ4v) is 3.10. The third kappa shape index (κ3) is 3.64. The minimum Gasteiger partial charge on any atom is -0.489 e. The number of nitrogens with one attached hydrogen (secondary N) is 1. The lowest BCUT2D eigenvalue weighted by Crippen LogP contribution is -2.30. The molecule has 2 aromatic rings. The number of hydrogen-bond acceptors (Lipinski definition) is 5. The molecule has 6 heteroatoms. The number of anilines is 2. The molecule has 0 radical (unpaired) electrons.